The number of esters is 4. The lowest BCUT2D eigenvalue weighted by molar-refractivity contribution is -0.190. The van der Waals surface area contributed by atoms with E-state index >= 15 is 0 Å². The molecule has 0 spiro atoms. The molecule has 4 aliphatic rings. The normalized spacial score (nSPS) is 22.3. The average molecular weight is 366 g/mol. The number of ether oxygens (including phenoxy) is 4. The maximum atomic E-state index is 12.8. The lowest BCUT2D eigenvalue weighted by Gasteiger charge is -2.26. The molecule has 0 heterocycles. The number of hydrogen-bond donors (Lipinski definition) is 0. The van der Waals surface area contributed by atoms with Gasteiger partial charge in [-0.2, -0.15) is 0 Å². The Morgan fingerprint density at radius 2 is 0.885 bits per heavy atom. The van der Waals surface area contributed by atoms with Gasteiger partial charge in [0.1, 0.15) is 24.4 Å². The van der Waals surface area contributed by atoms with Crippen LogP contribution in [0.15, 0.2) is 0 Å². The van der Waals surface area contributed by atoms with Crippen LogP contribution in [0.25, 0.3) is 0 Å². The van der Waals surface area contributed by atoms with Crippen LogP contribution in [0.1, 0.15) is 57.8 Å². The van der Waals surface area contributed by atoms with Crippen molar-refractivity contribution in [2.75, 3.05) is 0 Å². The number of hydrogen-bond acceptors (Lipinski definition) is 8. The van der Waals surface area contributed by atoms with Gasteiger partial charge >= 0.3 is 23.9 Å². The predicted molar refractivity (Wildman–Crippen MR) is 83.5 cm³/mol. The van der Waals surface area contributed by atoms with E-state index in [9.17, 15) is 19.2 Å². The Morgan fingerprint density at radius 3 is 1.19 bits per heavy atom. The van der Waals surface area contributed by atoms with E-state index in [0.717, 1.165) is 12.8 Å². The van der Waals surface area contributed by atoms with Gasteiger partial charge in [0.25, 0.3) is 5.41 Å². The third kappa shape index (κ3) is 3.99. The molecule has 0 atom stereocenters. The third-order valence-corrected chi connectivity index (χ3v) is 4.67. The van der Waals surface area contributed by atoms with Gasteiger partial charge in [0.05, 0.1) is 6.42 Å². The molecule has 0 unspecified atom stereocenters. The molecule has 142 valence electrons. The molecular formula is C18H22O8. The SMILES string of the molecule is O=C(CC(C(=O)OC1CC1)(C(=O)OC1CC1)C(=O)OC1CC1)OC1CC1. The molecule has 0 aromatic carbocycles. The number of carbonyl (C=O) groups is 4. The van der Waals surface area contributed by atoms with Crippen LogP contribution in [0.5, 0.6) is 0 Å². The first-order valence-corrected chi connectivity index (χ1v) is 9.30. The summed E-state index contributed by atoms with van der Waals surface area (Å²) in [6.45, 7) is 0. The summed E-state index contributed by atoms with van der Waals surface area (Å²) >= 11 is 0. The van der Waals surface area contributed by atoms with Crippen molar-refractivity contribution in [1.82, 2.24) is 0 Å². The summed E-state index contributed by atoms with van der Waals surface area (Å²) in [6.07, 6.45) is 3.56. The average Bonchev–Trinajstić information content (AvgIpc) is 3.43. The van der Waals surface area contributed by atoms with Crippen LogP contribution in [0.2, 0.25) is 0 Å². The Balaban J connectivity index is 1.58. The standard InChI is InChI=1S/C18H22O8/c19-14(23-10-1-2-10)9-18(15(20)24-11-3-4-11,16(21)25-12-5-6-12)17(22)26-13-7-8-13/h10-13H,1-9H2. The monoisotopic (exact) mass is 366 g/mol. The highest BCUT2D eigenvalue weighted by Gasteiger charge is 2.62. The molecule has 26 heavy (non-hydrogen) atoms. The van der Waals surface area contributed by atoms with Gasteiger partial charge in [-0.25, -0.2) is 0 Å². The Labute approximate surface area is 150 Å². The van der Waals surface area contributed by atoms with E-state index in [1.165, 1.54) is 0 Å². The van der Waals surface area contributed by atoms with Crippen LogP contribution in [0, 0.1) is 5.41 Å². The highest BCUT2D eigenvalue weighted by atomic mass is 16.6. The molecule has 4 saturated carbocycles. The van der Waals surface area contributed by atoms with E-state index in [1.54, 1.807) is 0 Å². The van der Waals surface area contributed by atoms with Gasteiger partial charge in [0.15, 0.2) is 0 Å². The van der Waals surface area contributed by atoms with Gasteiger partial charge in [-0.05, 0) is 51.4 Å². The van der Waals surface area contributed by atoms with Crippen molar-refractivity contribution in [2.24, 2.45) is 5.41 Å². The highest BCUT2D eigenvalue weighted by molar-refractivity contribution is 6.20. The minimum atomic E-state index is -2.43. The van der Waals surface area contributed by atoms with E-state index < -0.39 is 35.7 Å². The van der Waals surface area contributed by atoms with Gasteiger partial charge in [-0.15, -0.1) is 0 Å². The zero-order valence-corrected chi connectivity index (χ0v) is 14.4. The second kappa shape index (κ2) is 6.55. The fourth-order valence-corrected chi connectivity index (χ4v) is 2.41. The van der Waals surface area contributed by atoms with Crippen molar-refractivity contribution >= 4 is 23.9 Å². The largest absolute Gasteiger partial charge is 0.462 e. The number of rotatable bonds is 9. The Morgan fingerprint density at radius 1 is 0.577 bits per heavy atom. The molecule has 0 saturated heterocycles. The summed E-state index contributed by atoms with van der Waals surface area (Å²) in [4.78, 5) is 50.7. The van der Waals surface area contributed by atoms with Crippen molar-refractivity contribution < 1.29 is 38.1 Å². The van der Waals surface area contributed by atoms with Crippen LogP contribution in [-0.4, -0.2) is 48.3 Å². The van der Waals surface area contributed by atoms with Gasteiger partial charge in [0, 0.05) is 0 Å². The first kappa shape index (κ1) is 17.3. The quantitative estimate of drug-likeness (QED) is 0.340. The van der Waals surface area contributed by atoms with E-state index in [4.69, 9.17) is 18.9 Å². The van der Waals surface area contributed by atoms with Crippen LogP contribution < -0.4 is 0 Å². The molecule has 4 aliphatic carbocycles. The molecule has 0 bridgehead atoms. The molecule has 0 radical (unpaired) electrons. The lowest BCUT2D eigenvalue weighted by Crippen LogP contribution is -2.51. The van der Waals surface area contributed by atoms with Gasteiger partial charge < -0.3 is 18.9 Å². The summed E-state index contributed by atoms with van der Waals surface area (Å²) in [5.41, 5.74) is -2.43. The summed E-state index contributed by atoms with van der Waals surface area (Å²) < 4.78 is 20.9. The lowest BCUT2D eigenvalue weighted by atomic mass is 9.84. The van der Waals surface area contributed by atoms with E-state index in [0.29, 0.717) is 38.5 Å². The van der Waals surface area contributed by atoms with Crippen molar-refractivity contribution in [3.8, 4) is 0 Å². The first-order valence-electron chi connectivity index (χ1n) is 9.30. The van der Waals surface area contributed by atoms with E-state index in [2.05, 4.69) is 0 Å². The zero-order chi connectivity index (χ0) is 18.3. The molecule has 8 heteroatoms. The van der Waals surface area contributed by atoms with Crippen molar-refractivity contribution in [2.45, 2.75) is 82.2 Å². The maximum absolute atomic E-state index is 12.8. The predicted octanol–water partition coefficient (Wildman–Crippen LogP) is 1.19. The molecule has 8 nitrogen and oxygen atoms in total. The second-order valence-electron chi connectivity index (χ2n) is 7.59. The molecular weight excluding hydrogens is 344 g/mol. The minimum absolute atomic E-state index is 0.210. The topological polar surface area (TPSA) is 105 Å². The summed E-state index contributed by atoms with van der Waals surface area (Å²) in [5.74, 6) is -3.99. The summed E-state index contributed by atoms with van der Waals surface area (Å²) in [5, 5.41) is 0. The number of carbonyl (C=O) groups excluding carboxylic acids is 4. The van der Waals surface area contributed by atoms with Gasteiger partial charge in [-0.3, -0.25) is 19.2 Å². The second-order valence-corrected chi connectivity index (χ2v) is 7.59. The molecule has 4 fully saturated rings. The fraction of sp³-hybridized carbons (Fsp3) is 0.778. The van der Waals surface area contributed by atoms with E-state index in [1.807, 2.05) is 0 Å². The maximum Gasteiger partial charge on any atom is 0.336 e. The Hall–Kier alpha value is -2.12. The summed E-state index contributed by atoms with van der Waals surface area (Å²) in [7, 11) is 0. The molecule has 0 N–H and O–H groups in total. The minimum Gasteiger partial charge on any atom is -0.462 e. The summed E-state index contributed by atoms with van der Waals surface area (Å²) in [6, 6.07) is 0. The smallest absolute Gasteiger partial charge is 0.336 e. The zero-order valence-electron chi connectivity index (χ0n) is 14.4. The van der Waals surface area contributed by atoms with Crippen LogP contribution in [0.4, 0.5) is 0 Å². The molecule has 0 aliphatic heterocycles. The van der Waals surface area contributed by atoms with Gasteiger partial charge in [0.2, 0.25) is 0 Å². The first-order chi connectivity index (χ1) is 12.5. The van der Waals surface area contributed by atoms with Crippen molar-refractivity contribution in [3.05, 3.63) is 0 Å². The molecule has 0 aromatic heterocycles. The van der Waals surface area contributed by atoms with Crippen molar-refractivity contribution in [3.63, 3.8) is 0 Å². The Bertz CT molecular complexity index is 561. The molecule has 4 rings (SSSR count). The van der Waals surface area contributed by atoms with Crippen LogP contribution in [0.3, 0.4) is 0 Å². The molecule has 0 amide bonds. The highest BCUT2D eigenvalue weighted by Crippen LogP contribution is 2.38. The van der Waals surface area contributed by atoms with Crippen LogP contribution in [-0.2, 0) is 38.1 Å². The molecule has 0 aromatic rings. The van der Waals surface area contributed by atoms with E-state index in [-0.39, 0.29) is 24.4 Å². The van der Waals surface area contributed by atoms with Gasteiger partial charge in [-0.1, -0.05) is 0 Å². The fourth-order valence-electron chi connectivity index (χ4n) is 2.41. The van der Waals surface area contributed by atoms with Crippen molar-refractivity contribution in [1.29, 1.82) is 0 Å². The Kier molecular flexibility index (Phi) is 4.36. The van der Waals surface area contributed by atoms with Crippen LogP contribution >= 0.6 is 0 Å². The third-order valence-electron chi connectivity index (χ3n) is 4.67.